The predicted octanol–water partition coefficient (Wildman–Crippen LogP) is 3.33. The van der Waals surface area contributed by atoms with Crippen molar-refractivity contribution in [2.45, 2.75) is 6.36 Å². The standard InChI is InChI=1S/C18H12F3N7O2/c19-18(20,21)30-15-6-4-13(5-7-15)24-17(29)11-2-1-3-14(8-11)23-10-12(9-22)16-25-27-28-26-16/h1-8,10,23H,(H,24,29)(H,25,26,27,28). The van der Waals surface area contributed by atoms with Crippen molar-refractivity contribution in [2.24, 2.45) is 0 Å². The lowest BCUT2D eigenvalue weighted by Crippen LogP contribution is -2.17. The molecule has 0 atom stereocenters. The molecular formula is C18H12F3N7O2. The molecule has 3 rings (SSSR count). The summed E-state index contributed by atoms with van der Waals surface area (Å²) in [6.45, 7) is 0. The number of allylic oxidation sites excluding steroid dienone is 1. The van der Waals surface area contributed by atoms with Crippen molar-refractivity contribution in [3.05, 3.63) is 66.1 Å². The van der Waals surface area contributed by atoms with Crippen LogP contribution in [0.15, 0.2) is 54.7 Å². The minimum Gasteiger partial charge on any atom is -0.406 e. The monoisotopic (exact) mass is 415 g/mol. The summed E-state index contributed by atoms with van der Waals surface area (Å²) in [7, 11) is 0. The number of aromatic nitrogens is 4. The molecule has 0 fully saturated rings. The SMILES string of the molecule is N#CC(=CNc1cccc(C(=O)Nc2ccc(OC(F)(F)F)cc2)c1)c1nn[nH]n1. The second-order valence-electron chi connectivity index (χ2n) is 5.66. The van der Waals surface area contributed by atoms with Gasteiger partial charge >= 0.3 is 6.36 Å². The molecule has 0 spiro atoms. The number of carbonyl (C=O) groups is 1. The number of ether oxygens (including phenoxy) is 1. The summed E-state index contributed by atoms with van der Waals surface area (Å²) in [5.41, 5.74) is 1.20. The Morgan fingerprint density at radius 3 is 2.57 bits per heavy atom. The highest BCUT2D eigenvalue weighted by Crippen LogP contribution is 2.24. The summed E-state index contributed by atoms with van der Waals surface area (Å²) in [5.74, 6) is -0.768. The van der Waals surface area contributed by atoms with E-state index in [0.29, 0.717) is 5.69 Å². The van der Waals surface area contributed by atoms with Gasteiger partial charge in [0.15, 0.2) is 0 Å². The molecule has 0 aliphatic carbocycles. The van der Waals surface area contributed by atoms with Crippen LogP contribution in [0.3, 0.4) is 0 Å². The number of H-pyrrole nitrogens is 1. The number of amides is 1. The number of nitrogens with one attached hydrogen (secondary N) is 3. The average Bonchev–Trinajstić information content (AvgIpc) is 3.24. The fraction of sp³-hybridized carbons (Fsp3) is 0.0556. The summed E-state index contributed by atoms with van der Waals surface area (Å²) < 4.78 is 40.4. The van der Waals surface area contributed by atoms with Crippen LogP contribution >= 0.6 is 0 Å². The van der Waals surface area contributed by atoms with Gasteiger partial charge < -0.3 is 15.4 Å². The van der Waals surface area contributed by atoms with Crippen LogP contribution in [-0.2, 0) is 0 Å². The van der Waals surface area contributed by atoms with Gasteiger partial charge in [0.25, 0.3) is 5.91 Å². The Morgan fingerprint density at radius 1 is 1.17 bits per heavy atom. The Bertz CT molecular complexity index is 1090. The largest absolute Gasteiger partial charge is 0.573 e. The maximum atomic E-state index is 12.4. The predicted molar refractivity (Wildman–Crippen MR) is 98.9 cm³/mol. The van der Waals surface area contributed by atoms with Gasteiger partial charge in [-0.25, -0.2) is 0 Å². The lowest BCUT2D eigenvalue weighted by Gasteiger charge is -2.10. The van der Waals surface area contributed by atoms with Crippen LogP contribution in [0.2, 0.25) is 0 Å². The van der Waals surface area contributed by atoms with Gasteiger partial charge in [-0.2, -0.15) is 10.5 Å². The van der Waals surface area contributed by atoms with E-state index in [9.17, 15) is 18.0 Å². The number of nitrogens with zero attached hydrogens (tertiary/aromatic N) is 4. The first-order chi connectivity index (χ1) is 14.3. The number of alkyl halides is 3. The van der Waals surface area contributed by atoms with Crippen LogP contribution in [0.1, 0.15) is 16.2 Å². The highest BCUT2D eigenvalue weighted by atomic mass is 19.4. The second-order valence-corrected chi connectivity index (χ2v) is 5.66. The van der Waals surface area contributed by atoms with Crippen molar-refractivity contribution in [3.63, 3.8) is 0 Å². The van der Waals surface area contributed by atoms with Gasteiger partial charge in [0.1, 0.15) is 17.4 Å². The summed E-state index contributed by atoms with van der Waals surface area (Å²) in [6.07, 6.45) is -3.43. The van der Waals surface area contributed by atoms with E-state index >= 15 is 0 Å². The number of tetrazole rings is 1. The number of aromatic amines is 1. The highest BCUT2D eigenvalue weighted by molar-refractivity contribution is 6.04. The van der Waals surface area contributed by atoms with Crippen LogP contribution in [0, 0.1) is 11.3 Å². The smallest absolute Gasteiger partial charge is 0.406 e. The lowest BCUT2D eigenvalue weighted by atomic mass is 10.1. The zero-order chi connectivity index (χ0) is 21.6. The molecule has 0 saturated heterocycles. The first kappa shape index (κ1) is 20.3. The number of anilines is 2. The number of hydrogen-bond acceptors (Lipinski definition) is 7. The van der Waals surface area contributed by atoms with Crippen LogP contribution in [-0.4, -0.2) is 32.9 Å². The molecule has 1 heterocycles. The summed E-state index contributed by atoms with van der Waals surface area (Å²) >= 11 is 0. The van der Waals surface area contributed by atoms with Gasteiger partial charge in [-0.05, 0) is 47.7 Å². The fourth-order valence-corrected chi connectivity index (χ4v) is 2.27. The van der Waals surface area contributed by atoms with Crippen LogP contribution in [0.25, 0.3) is 5.57 Å². The Hall–Kier alpha value is -4.40. The van der Waals surface area contributed by atoms with E-state index in [1.165, 1.54) is 24.4 Å². The van der Waals surface area contributed by atoms with Crippen molar-refractivity contribution >= 4 is 22.9 Å². The minimum absolute atomic E-state index is 0.108. The molecule has 30 heavy (non-hydrogen) atoms. The zero-order valence-electron chi connectivity index (χ0n) is 14.9. The van der Waals surface area contributed by atoms with Gasteiger partial charge in [0.05, 0.1) is 0 Å². The molecular weight excluding hydrogens is 403 g/mol. The number of carbonyl (C=O) groups excluding carboxylic acids is 1. The summed E-state index contributed by atoms with van der Waals surface area (Å²) in [6, 6.07) is 13.0. The molecule has 3 N–H and O–H groups in total. The molecule has 0 radical (unpaired) electrons. The van der Waals surface area contributed by atoms with E-state index in [1.807, 2.05) is 6.07 Å². The van der Waals surface area contributed by atoms with Crippen molar-refractivity contribution in [1.29, 1.82) is 5.26 Å². The molecule has 0 unspecified atom stereocenters. The molecule has 9 nitrogen and oxygen atoms in total. The van der Waals surface area contributed by atoms with Gasteiger partial charge in [0, 0.05) is 23.1 Å². The normalized spacial score (nSPS) is 11.5. The van der Waals surface area contributed by atoms with Gasteiger partial charge in [-0.15, -0.1) is 23.4 Å². The Kier molecular flexibility index (Phi) is 5.92. The van der Waals surface area contributed by atoms with Crippen molar-refractivity contribution in [1.82, 2.24) is 20.6 Å². The number of hydrogen-bond donors (Lipinski definition) is 3. The molecule has 0 saturated carbocycles. The molecule has 12 heteroatoms. The Labute approximate surface area is 167 Å². The topological polar surface area (TPSA) is 129 Å². The van der Waals surface area contributed by atoms with E-state index in [1.54, 1.807) is 18.2 Å². The maximum absolute atomic E-state index is 12.4. The van der Waals surface area contributed by atoms with E-state index < -0.39 is 18.0 Å². The van der Waals surface area contributed by atoms with Gasteiger partial charge in [-0.3, -0.25) is 4.79 Å². The van der Waals surface area contributed by atoms with E-state index in [0.717, 1.165) is 12.1 Å². The minimum atomic E-state index is -4.79. The van der Waals surface area contributed by atoms with Crippen molar-refractivity contribution in [3.8, 4) is 11.8 Å². The third-order valence-electron chi connectivity index (χ3n) is 3.56. The third-order valence-corrected chi connectivity index (χ3v) is 3.56. The number of halogens is 3. The number of benzene rings is 2. The van der Waals surface area contributed by atoms with E-state index in [2.05, 4.69) is 36.0 Å². The first-order valence-electron chi connectivity index (χ1n) is 8.22. The molecule has 0 bridgehead atoms. The molecule has 2 aromatic carbocycles. The number of rotatable bonds is 6. The van der Waals surface area contributed by atoms with Crippen LogP contribution in [0.4, 0.5) is 24.5 Å². The number of nitriles is 1. The van der Waals surface area contributed by atoms with Gasteiger partial charge in [0.2, 0.25) is 5.82 Å². The molecule has 0 aliphatic rings. The van der Waals surface area contributed by atoms with Crippen molar-refractivity contribution in [2.75, 3.05) is 10.6 Å². The quantitative estimate of drug-likeness (QED) is 0.527. The maximum Gasteiger partial charge on any atom is 0.573 e. The van der Waals surface area contributed by atoms with E-state index in [4.69, 9.17) is 5.26 Å². The average molecular weight is 415 g/mol. The van der Waals surface area contributed by atoms with Crippen molar-refractivity contribution < 1.29 is 22.7 Å². The molecule has 1 aromatic heterocycles. The third kappa shape index (κ3) is 5.55. The molecule has 1 amide bonds. The fourth-order valence-electron chi connectivity index (χ4n) is 2.27. The lowest BCUT2D eigenvalue weighted by molar-refractivity contribution is -0.274. The molecule has 0 aliphatic heterocycles. The molecule has 3 aromatic rings. The highest BCUT2D eigenvalue weighted by Gasteiger charge is 2.30. The summed E-state index contributed by atoms with van der Waals surface area (Å²) in [4.78, 5) is 12.4. The Balaban J connectivity index is 1.67. The van der Waals surface area contributed by atoms with Crippen LogP contribution in [0.5, 0.6) is 5.75 Å². The van der Waals surface area contributed by atoms with Gasteiger partial charge in [-0.1, -0.05) is 6.07 Å². The Morgan fingerprint density at radius 2 is 1.93 bits per heavy atom. The second kappa shape index (κ2) is 8.74. The van der Waals surface area contributed by atoms with Crippen LogP contribution < -0.4 is 15.4 Å². The summed E-state index contributed by atoms with van der Waals surface area (Å²) in [5, 5.41) is 27.6. The first-order valence-corrected chi connectivity index (χ1v) is 8.22. The molecule has 152 valence electrons. The van der Waals surface area contributed by atoms with E-state index in [-0.39, 0.29) is 22.6 Å². The zero-order valence-corrected chi connectivity index (χ0v) is 14.9.